The van der Waals surface area contributed by atoms with Crippen LogP contribution in [0.25, 0.3) is 0 Å². The van der Waals surface area contributed by atoms with Crippen molar-refractivity contribution in [2.45, 2.75) is 35.9 Å². The van der Waals surface area contributed by atoms with Crippen LogP contribution in [-0.2, 0) is 14.6 Å². The molecule has 0 bridgehead atoms. The molecule has 6 nitrogen and oxygen atoms in total. The smallest absolute Gasteiger partial charge is 0.233 e. The monoisotopic (exact) mass is 321 g/mol. The molecule has 2 rings (SSSR count). The molecule has 1 aromatic heterocycles. The Morgan fingerprint density at radius 1 is 1.53 bits per heavy atom. The lowest BCUT2D eigenvalue weighted by atomic mass is 10.2. The molecular formula is C10H15N3O3S3. The molecule has 1 N–H and O–H groups in total. The molecule has 0 aromatic carbocycles. The summed E-state index contributed by atoms with van der Waals surface area (Å²) in [6.07, 6.45) is 0.503. The first-order valence-electron chi connectivity index (χ1n) is 5.83. The van der Waals surface area contributed by atoms with Crippen molar-refractivity contribution in [3.63, 3.8) is 0 Å². The van der Waals surface area contributed by atoms with E-state index in [0.717, 1.165) is 9.35 Å². The number of aromatic nitrogens is 2. The summed E-state index contributed by atoms with van der Waals surface area (Å²) >= 11 is 2.78. The average molecular weight is 321 g/mol. The van der Waals surface area contributed by atoms with E-state index in [-0.39, 0.29) is 28.7 Å². The summed E-state index contributed by atoms with van der Waals surface area (Å²) in [5, 5.41) is 11.2. The van der Waals surface area contributed by atoms with Crippen molar-refractivity contribution in [2.75, 3.05) is 11.5 Å². The second-order valence-corrected chi connectivity index (χ2v) is 9.45. The highest BCUT2D eigenvalue weighted by molar-refractivity contribution is 8.02. The van der Waals surface area contributed by atoms with Crippen LogP contribution in [0.1, 0.15) is 18.4 Å². The molecule has 2 heterocycles. The molecule has 0 saturated carbocycles. The van der Waals surface area contributed by atoms with Gasteiger partial charge >= 0.3 is 0 Å². The molecule has 1 aliphatic rings. The highest BCUT2D eigenvalue weighted by Gasteiger charge is 2.30. The fourth-order valence-electron chi connectivity index (χ4n) is 1.76. The maximum Gasteiger partial charge on any atom is 0.233 e. The van der Waals surface area contributed by atoms with Gasteiger partial charge in [0.15, 0.2) is 14.2 Å². The van der Waals surface area contributed by atoms with Crippen molar-refractivity contribution >= 4 is 38.8 Å². The number of hydrogen-bond acceptors (Lipinski definition) is 7. The molecular weight excluding hydrogens is 306 g/mol. The molecule has 19 heavy (non-hydrogen) atoms. The number of carbonyl (C=O) groups is 1. The molecule has 9 heteroatoms. The Morgan fingerprint density at radius 2 is 2.26 bits per heavy atom. The van der Waals surface area contributed by atoms with Gasteiger partial charge in [0.2, 0.25) is 5.91 Å². The van der Waals surface area contributed by atoms with Gasteiger partial charge in [0, 0.05) is 6.04 Å². The van der Waals surface area contributed by atoms with Gasteiger partial charge in [-0.15, -0.1) is 10.2 Å². The minimum absolute atomic E-state index is 0.0496. The van der Waals surface area contributed by atoms with Crippen LogP contribution in [0.5, 0.6) is 0 Å². The zero-order valence-corrected chi connectivity index (χ0v) is 13.1. The first kappa shape index (κ1) is 14.7. The Bertz CT molecular complexity index is 570. The Morgan fingerprint density at radius 3 is 2.79 bits per heavy atom. The van der Waals surface area contributed by atoms with Crippen LogP contribution >= 0.6 is 23.1 Å². The average Bonchev–Trinajstić information content (AvgIpc) is 2.85. The number of thioether (sulfide) groups is 1. The Kier molecular flexibility index (Phi) is 4.46. The fourth-order valence-corrected chi connectivity index (χ4v) is 5.40. The van der Waals surface area contributed by atoms with Crippen LogP contribution in [0.3, 0.4) is 0 Å². The predicted octanol–water partition coefficient (Wildman–Crippen LogP) is 0.630. The topological polar surface area (TPSA) is 89.0 Å². The van der Waals surface area contributed by atoms with Gasteiger partial charge in [0.05, 0.1) is 16.8 Å². The lowest BCUT2D eigenvalue weighted by molar-refractivity contribution is -0.120. The summed E-state index contributed by atoms with van der Waals surface area (Å²) in [5.74, 6) is 0.0586. The summed E-state index contributed by atoms with van der Waals surface area (Å²) in [6, 6.07) is -0.253. The Hall–Kier alpha value is -0.670. The van der Waals surface area contributed by atoms with Crippen molar-refractivity contribution in [3.8, 4) is 0 Å². The highest BCUT2D eigenvalue weighted by Crippen LogP contribution is 2.26. The minimum Gasteiger partial charge on any atom is -0.351 e. The largest absolute Gasteiger partial charge is 0.351 e. The van der Waals surface area contributed by atoms with Gasteiger partial charge in [-0.1, -0.05) is 23.1 Å². The normalized spacial score (nSPS) is 23.2. The lowest BCUT2D eigenvalue weighted by Crippen LogP contribution is -2.39. The molecule has 1 amide bonds. The summed E-state index contributed by atoms with van der Waals surface area (Å²) in [4.78, 5) is 12.0. The third-order valence-electron chi connectivity index (χ3n) is 2.73. The second kappa shape index (κ2) is 5.76. The zero-order chi connectivity index (χ0) is 14.0. The van der Waals surface area contributed by atoms with Gasteiger partial charge in [-0.25, -0.2) is 8.42 Å². The van der Waals surface area contributed by atoms with E-state index in [4.69, 9.17) is 0 Å². The molecule has 0 radical (unpaired) electrons. The molecule has 1 saturated heterocycles. The van der Waals surface area contributed by atoms with E-state index in [1.165, 1.54) is 23.1 Å². The number of rotatable bonds is 4. The quantitative estimate of drug-likeness (QED) is 0.818. The molecule has 1 aliphatic heterocycles. The van der Waals surface area contributed by atoms with Crippen molar-refractivity contribution < 1.29 is 13.2 Å². The van der Waals surface area contributed by atoms with E-state index in [0.29, 0.717) is 6.42 Å². The van der Waals surface area contributed by atoms with E-state index in [1.807, 2.05) is 6.92 Å². The van der Waals surface area contributed by atoms with Crippen LogP contribution in [0.2, 0.25) is 0 Å². The summed E-state index contributed by atoms with van der Waals surface area (Å²) in [6.45, 7) is 3.63. The van der Waals surface area contributed by atoms with Gasteiger partial charge in [-0.2, -0.15) is 0 Å². The van der Waals surface area contributed by atoms with E-state index < -0.39 is 9.84 Å². The molecule has 0 aliphatic carbocycles. The van der Waals surface area contributed by atoms with Crippen molar-refractivity contribution in [1.29, 1.82) is 0 Å². The van der Waals surface area contributed by atoms with Crippen molar-refractivity contribution in [3.05, 3.63) is 5.01 Å². The molecule has 1 fully saturated rings. The summed E-state index contributed by atoms with van der Waals surface area (Å²) < 4.78 is 23.4. The summed E-state index contributed by atoms with van der Waals surface area (Å²) in [7, 11) is -2.96. The number of amides is 1. The van der Waals surface area contributed by atoms with Gasteiger partial charge in [0.1, 0.15) is 5.01 Å². The van der Waals surface area contributed by atoms with E-state index >= 15 is 0 Å². The first-order valence-corrected chi connectivity index (χ1v) is 9.35. The van der Waals surface area contributed by atoms with Crippen LogP contribution in [0, 0.1) is 6.92 Å². The molecule has 1 aromatic rings. The van der Waals surface area contributed by atoms with Crippen LogP contribution < -0.4 is 5.32 Å². The van der Waals surface area contributed by atoms with Gasteiger partial charge in [-0.05, 0) is 20.3 Å². The minimum atomic E-state index is -2.96. The molecule has 2 atom stereocenters. The van der Waals surface area contributed by atoms with Crippen molar-refractivity contribution in [2.24, 2.45) is 0 Å². The highest BCUT2D eigenvalue weighted by atomic mass is 32.2. The second-order valence-electron chi connectivity index (χ2n) is 4.46. The van der Waals surface area contributed by atoms with Crippen LogP contribution in [0.15, 0.2) is 4.34 Å². The van der Waals surface area contributed by atoms with Crippen LogP contribution in [0.4, 0.5) is 0 Å². The number of hydrogen-bond donors (Lipinski definition) is 1. The number of nitrogens with one attached hydrogen (secondary N) is 1. The number of carbonyl (C=O) groups excluding carboxylic acids is 1. The zero-order valence-electron chi connectivity index (χ0n) is 10.6. The third kappa shape index (κ3) is 4.15. The van der Waals surface area contributed by atoms with Gasteiger partial charge in [-0.3, -0.25) is 4.79 Å². The first-order chi connectivity index (χ1) is 8.85. The number of sulfone groups is 1. The lowest BCUT2D eigenvalue weighted by Gasteiger charge is -2.14. The fraction of sp³-hybridized carbons (Fsp3) is 0.700. The van der Waals surface area contributed by atoms with Crippen molar-refractivity contribution in [1.82, 2.24) is 15.5 Å². The maximum atomic E-state index is 12.0. The standard InChI is InChI=1S/C10H15N3O3S3/c1-6(17-10-13-12-7(2)18-10)9(14)11-8-3-4-19(15,16)5-8/h6,8H,3-5H2,1-2H3,(H,11,14)/t6-,8-/m1/s1. The SMILES string of the molecule is Cc1nnc(S[C@H](C)C(=O)N[C@@H]2CCS(=O)(=O)C2)s1. The predicted molar refractivity (Wildman–Crippen MR) is 75.2 cm³/mol. The van der Waals surface area contributed by atoms with E-state index in [2.05, 4.69) is 15.5 Å². The Labute approximate surface area is 120 Å². The third-order valence-corrected chi connectivity index (χ3v) is 6.52. The van der Waals surface area contributed by atoms with Gasteiger partial charge < -0.3 is 5.32 Å². The van der Waals surface area contributed by atoms with E-state index in [9.17, 15) is 13.2 Å². The van der Waals surface area contributed by atoms with Gasteiger partial charge in [0.25, 0.3) is 0 Å². The van der Waals surface area contributed by atoms with E-state index in [1.54, 1.807) is 6.92 Å². The molecule has 106 valence electrons. The number of aryl methyl sites for hydroxylation is 1. The molecule has 0 spiro atoms. The Balaban J connectivity index is 1.86. The molecule has 0 unspecified atom stereocenters. The van der Waals surface area contributed by atoms with Crippen LogP contribution in [-0.4, -0.2) is 47.3 Å². The summed E-state index contributed by atoms with van der Waals surface area (Å²) in [5.41, 5.74) is 0. The number of nitrogens with zero attached hydrogens (tertiary/aromatic N) is 2. The maximum absolute atomic E-state index is 12.0.